The van der Waals surface area contributed by atoms with Crippen molar-refractivity contribution in [2.75, 3.05) is 31.1 Å². The van der Waals surface area contributed by atoms with Crippen LogP contribution in [0.25, 0.3) is 0 Å². The number of hydrogen-bond acceptors (Lipinski definition) is 4. The third-order valence-electron chi connectivity index (χ3n) is 5.64. The number of carbonyl (C=O) groups is 1. The normalized spacial score (nSPS) is 14.6. The van der Waals surface area contributed by atoms with Gasteiger partial charge in [-0.25, -0.2) is 9.97 Å². The van der Waals surface area contributed by atoms with E-state index >= 15 is 0 Å². The summed E-state index contributed by atoms with van der Waals surface area (Å²) in [6.07, 6.45) is 2.31. The van der Waals surface area contributed by atoms with Crippen LogP contribution in [-0.4, -0.2) is 47.0 Å². The Kier molecular flexibility index (Phi) is 6.88. The van der Waals surface area contributed by atoms with Crippen LogP contribution in [-0.2, 0) is 17.6 Å². The Morgan fingerprint density at radius 1 is 1.10 bits per heavy atom. The van der Waals surface area contributed by atoms with Crippen LogP contribution < -0.4 is 4.90 Å². The number of amides is 1. The molecule has 1 aromatic heterocycles. The molecule has 156 valence electrons. The van der Waals surface area contributed by atoms with Crippen LogP contribution in [0.2, 0.25) is 0 Å². The number of nitrogens with zero attached hydrogens (tertiary/aromatic N) is 4. The third kappa shape index (κ3) is 4.95. The second kappa shape index (κ2) is 9.38. The molecule has 2 heterocycles. The Bertz CT molecular complexity index is 854. The predicted octanol–water partition coefficient (Wildman–Crippen LogP) is 4.12. The molecule has 29 heavy (non-hydrogen) atoms. The van der Waals surface area contributed by atoms with E-state index in [0.29, 0.717) is 6.42 Å². The molecular formula is C24H34N4O. The molecule has 0 unspecified atom stereocenters. The molecule has 0 aliphatic carbocycles. The summed E-state index contributed by atoms with van der Waals surface area (Å²) < 4.78 is 0. The van der Waals surface area contributed by atoms with E-state index in [4.69, 9.17) is 9.97 Å². The molecule has 2 aromatic rings. The van der Waals surface area contributed by atoms with Crippen LogP contribution >= 0.6 is 0 Å². The minimum absolute atomic E-state index is 0.240. The quantitative estimate of drug-likeness (QED) is 0.739. The van der Waals surface area contributed by atoms with Crippen molar-refractivity contribution in [3.05, 3.63) is 52.5 Å². The first-order chi connectivity index (χ1) is 13.9. The Morgan fingerprint density at radius 2 is 1.83 bits per heavy atom. The minimum Gasteiger partial charge on any atom is -0.353 e. The molecule has 1 aliphatic heterocycles. The summed E-state index contributed by atoms with van der Waals surface area (Å²) in [4.78, 5) is 26.4. The van der Waals surface area contributed by atoms with E-state index in [1.165, 1.54) is 16.7 Å². The van der Waals surface area contributed by atoms with Gasteiger partial charge in [-0.1, -0.05) is 57.5 Å². The molecule has 1 aromatic carbocycles. The summed E-state index contributed by atoms with van der Waals surface area (Å²) in [5.41, 5.74) is 4.94. The SMILES string of the molecule is CCC(=O)N1CCN(c2nc(C(C)C)nc(CC)c2Cc2cccc(C)c2)CC1. The van der Waals surface area contributed by atoms with Gasteiger partial charge in [0.2, 0.25) is 5.91 Å². The highest BCUT2D eigenvalue weighted by Gasteiger charge is 2.25. The Hall–Kier alpha value is -2.43. The topological polar surface area (TPSA) is 49.3 Å². The van der Waals surface area contributed by atoms with E-state index in [-0.39, 0.29) is 11.8 Å². The molecule has 0 spiro atoms. The van der Waals surface area contributed by atoms with E-state index in [1.807, 2.05) is 11.8 Å². The van der Waals surface area contributed by atoms with Crippen molar-refractivity contribution in [2.24, 2.45) is 0 Å². The fourth-order valence-electron chi connectivity index (χ4n) is 3.95. The van der Waals surface area contributed by atoms with Crippen molar-refractivity contribution in [2.45, 2.75) is 59.8 Å². The van der Waals surface area contributed by atoms with Gasteiger partial charge < -0.3 is 9.80 Å². The standard InChI is InChI=1S/C24H34N4O/c1-6-21-20(16-19-10-8-9-18(5)15-19)24(26-23(25-21)17(3)4)28-13-11-27(12-14-28)22(29)7-2/h8-10,15,17H,6-7,11-14,16H2,1-5H3. The molecule has 1 saturated heterocycles. The van der Waals surface area contributed by atoms with E-state index in [0.717, 1.165) is 56.4 Å². The second-order valence-corrected chi connectivity index (χ2v) is 8.23. The van der Waals surface area contributed by atoms with Gasteiger partial charge in [0.15, 0.2) is 0 Å². The van der Waals surface area contributed by atoms with Gasteiger partial charge in [-0.05, 0) is 18.9 Å². The van der Waals surface area contributed by atoms with Crippen LogP contribution in [0.1, 0.15) is 68.2 Å². The fraction of sp³-hybridized carbons (Fsp3) is 0.542. The first-order valence-electron chi connectivity index (χ1n) is 10.9. The summed E-state index contributed by atoms with van der Waals surface area (Å²) in [5, 5.41) is 0. The second-order valence-electron chi connectivity index (χ2n) is 8.23. The van der Waals surface area contributed by atoms with Crippen molar-refractivity contribution < 1.29 is 4.79 Å². The first-order valence-corrected chi connectivity index (χ1v) is 10.9. The Labute approximate surface area is 175 Å². The number of anilines is 1. The number of carbonyl (C=O) groups excluding carboxylic acids is 1. The average Bonchev–Trinajstić information content (AvgIpc) is 2.73. The van der Waals surface area contributed by atoms with Crippen LogP contribution in [0.5, 0.6) is 0 Å². The molecule has 0 radical (unpaired) electrons. The molecule has 0 N–H and O–H groups in total. The number of benzene rings is 1. The van der Waals surface area contributed by atoms with E-state index in [1.54, 1.807) is 0 Å². The van der Waals surface area contributed by atoms with Gasteiger partial charge in [0, 0.05) is 56.2 Å². The van der Waals surface area contributed by atoms with Crippen LogP contribution in [0.3, 0.4) is 0 Å². The van der Waals surface area contributed by atoms with Crippen LogP contribution in [0.4, 0.5) is 5.82 Å². The van der Waals surface area contributed by atoms with Gasteiger partial charge in [-0.15, -0.1) is 0 Å². The fourth-order valence-corrected chi connectivity index (χ4v) is 3.95. The monoisotopic (exact) mass is 394 g/mol. The van der Waals surface area contributed by atoms with Crippen molar-refractivity contribution in [3.8, 4) is 0 Å². The molecule has 0 bridgehead atoms. The van der Waals surface area contributed by atoms with Crippen LogP contribution in [0.15, 0.2) is 24.3 Å². The van der Waals surface area contributed by atoms with Gasteiger partial charge in [0.1, 0.15) is 11.6 Å². The highest BCUT2D eigenvalue weighted by atomic mass is 16.2. The van der Waals surface area contributed by atoms with E-state index < -0.39 is 0 Å². The lowest BCUT2D eigenvalue weighted by Gasteiger charge is -2.36. The number of piperazine rings is 1. The van der Waals surface area contributed by atoms with E-state index in [2.05, 4.69) is 56.9 Å². The highest BCUT2D eigenvalue weighted by Crippen LogP contribution is 2.28. The highest BCUT2D eigenvalue weighted by molar-refractivity contribution is 5.76. The lowest BCUT2D eigenvalue weighted by atomic mass is 10.00. The summed E-state index contributed by atoms with van der Waals surface area (Å²) in [6, 6.07) is 8.68. The molecule has 1 amide bonds. The zero-order valence-corrected chi connectivity index (χ0v) is 18.5. The number of rotatable bonds is 6. The largest absolute Gasteiger partial charge is 0.353 e. The van der Waals surface area contributed by atoms with Gasteiger partial charge in [-0.3, -0.25) is 4.79 Å². The summed E-state index contributed by atoms with van der Waals surface area (Å²) in [6.45, 7) is 13.7. The average molecular weight is 395 g/mol. The zero-order chi connectivity index (χ0) is 21.0. The smallest absolute Gasteiger partial charge is 0.222 e. The molecule has 3 rings (SSSR count). The Balaban J connectivity index is 1.97. The molecule has 0 atom stereocenters. The maximum absolute atomic E-state index is 12.1. The van der Waals surface area contributed by atoms with Crippen molar-refractivity contribution in [3.63, 3.8) is 0 Å². The lowest BCUT2D eigenvalue weighted by Crippen LogP contribution is -2.49. The maximum Gasteiger partial charge on any atom is 0.222 e. The summed E-state index contributed by atoms with van der Waals surface area (Å²) in [7, 11) is 0. The number of aromatic nitrogens is 2. The molecule has 1 fully saturated rings. The number of aryl methyl sites for hydroxylation is 2. The van der Waals surface area contributed by atoms with Gasteiger partial charge in [0.05, 0.1) is 0 Å². The summed E-state index contributed by atoms with van der Waals surface area (Å²) in [5.74, 6) is 2.50. The van der Waals surface area contributed by atoms with Gasteiger partial charge >= 0.3 is 0 Å². The third-order valence-corrected chi connectivity index (χ3v) is 5.64. The Morgan fingerprint density at radius 3 is 2.41 bits per heavy atom. The van der Waals surface area contributed by atoms with Crippen molar-refractivity contribution in [1.82, 2.24) is 14.9 Å². The molecule has 0 saturated carbocycles. The molecular weight excluding hydrogens is 360 g/mol. The minimum atomic E-state index is 0.240. The van der Waals surface area contributed by atoms with Crippen molar-refractivity contribution >= 4 is 11.7 Å². The molecule has 5 nitrogen and oxygen atoms in total. The lowest BCUT2D eigenvalue weighted by molar-refractivity contribution is -0.131. The molecule has 5 heteroatoms. The summed E-state index contributed by atoms with van der Waals surface area (Å²) >= 11 is 0. The van der Waals surface area contributed by atoms with Crippen molar-refractivity contribution in [1.29, 1.82) is 0 Å². The van der Waals surface area contributed by atoms with E-state index in [9.17, 15) is 4.79 Å². The molecule has 1 aliphatic rings. The first kappa shape index (κ1) is 21.3. The number of hydrogen-bond donors (Lipinski definition) is 0. The van der Waals surface area contributed by atoms with Gasteiger partial charge in [0.25, 0.3) is 0 Å². The predicted molar refractivity (Wildman–Crippen MR) is 119 cm³/mol. The van der Waals surface area contributed by atoms with Crippen LogP contribution in [0, 0.1) is 6.92 Å². The zero-order valence-electron chi connectivity index (χ0n) is 18.5. The van der Waals surface area contributed by atoms with Gasteiger partial charge in [-0.2, -0.15) is 0 Å². The maximum atomic E-state index is 12.1.